The SMILES string of the molecule is CC1(C)Oc2cc3cccnc3cc2[C@H](NCCc2ccccc2)[C@H]1O.O=C(O)/C=C\C(=O)O. The highest BCUT2D eigenvalue weighted by Crippen LogP contribution is 2.41. The Kier molecular flexibility index (Phi) is 7.99. The van der Waals surface area contributed by atoms with Crippen molar-refractivity contribution in [3.8, 4) is 5.75 Å². The summed E-state index contributed by atoms with van der Waals surface area (Å²) in [6, 6.07) is 18.2. The van der Waals surface area contributed by atoms with Crippen LogP contribution in [0.1, 0.15) is 31.0 Å². The molecule has 0 unspecified atom stereocenters. The van der Waals surface area contributed by atoms with Crippen molar-refractivity contribution in [3.05, 3.63) is 84.1 Å². The second kappa shape index (κ2) is 10.9. The van der Waals surface area contributed by atoms with E-state index in [0.717, 1.165) is 35.2 Å². The Hall–Kier alpha value is -3.75. The zero-order chi connectivity index (χ0) is 24.7. The van der Waals surface area contributed by atoms with E-state index in [4.69, 9.17) is 14.9 Å². The van der Waals surface area contributed by atoms with Gasteiger partial charge in [0.2, 0.25) is 0 Å². The molecule has 4 N–H and O–H groups in total. The van der Waals surface area contributed by atoms with Crippen LogP contribution in [0, 0.1) is 0 Å². The second-order valence-corrected chi connectivity index (χ2v) is 8.41. The number of aliphatic carboxylic acids is 2. The number of nitrogens with one attached hydrogen (secondary N) is 1. The normalized spacial score (nSPS) is 18.4. The number of hydrogen-bond donors (Lipinski definition) is 4. The zero-order valence-corrected chi connectivity index (χ0v) is 19.0. The first-order valence-corrected chi connectivity index (χ1v) is 10.8. The minimum Gasteiger partial charge on any atom is -0.485 e. The predicted molar refractivity (Wildman–Crippen MR) is 128 cm³/mol. The van der Waals surface area contributed by atoms with Crippen molar-refractivity contribution in [2.45, 2.75) is 38.0 Å². The molecule has 3 aromatic rings. The van der Waals surface area contributed by atoms with Crippen LogP contribution in [0.25, 0.3) is 10.9 Å². The van der Waals surface area contributed by atoms with Gasteiger partial charge in [0, 0.05) is 29.3 Å². The first-order chi connectivity index (χ1) is 16.2. The molecule has 1 aliphatic heterocycles. The van der Waals surface area contributed by atoms with E-state index in [0.29, 0.717) is 12.2 Å². The number of fused-ring (bicyclic) bond motifs is 2. The van der Waals surface area contributed by atoms with Crippen molar-refractivity contribution in [1.29, 1.82) is 0 Å². The van der Waals surface area contributed by atoms with Crippen LogP contribution in [0.5, 0.6) is 5.75 Å². The number of hydrogen-bond acceptors (Lipinski definition) is 6. The molecular formula is C26H28N2O6. The number of carboxylic acid groups (broad SMARTS) is 2. The minimum absolute atomic E-state index is 0.191. The van der Waals surface area contributed by atoms with Crippen molar-refractivity contribution in [2.24, 2.45) is 0 Å². The molecule has 2 atom stereocenters. The molecule has 178 valence electrons. The number of benzene rings is 2. The van der Waals surface area contributed by atoms with Crippen LogP contribution in [-0.4, -0.2) is 50.5 Å². The molecule has 0 saturated carbocycles. The fourth-order valence-corrected chi connectivity index (χ4v) is 3.74. The Morgan fingerprint density at radius 1 is 1.06 bits per heavy atom. The van der Waals surface area contributed by atoms with Gasteiger partial charge < -0.3 is 25.4 Å². The van der Waals surface area contributed by atoms with Crippen LogP contribution < -0.4 is 10.1 Å². The van der Waals surface area contributed by atoms with Crippen LogP contribution in [0.15, 0.2) is 72.9 Å². The second-order valence-electron chi connectivity index (χ2n) is 8.41. The maximum absolute atomic E-state index is 10.9. The highest BCUT2D eigenvalue weighted by molar-refractivity contribution is 5.89. The van der Waals surface area contributed by atoms with Gasteiger partial charge in [-0.1, -0.05) is 36.4 Å². The fraction of sp³-hybridized carbons (Fsp3) is 0.269. The molecule has 2 heterocycles. The summed E-state index contributed by atoms with van der Waals surface area (Å²) in [6.45, 7) is 4.64. The summed E-state index contributed by atoms with van der Waals surface area (Å²) in [6.07, 6.45) is 3.17. The van der Waals surface area contributed by atoms with Crippen molar-refractivity contribution < 1.29 is 29.6 Å². The van der Waals surface area contributed by atoms with Crippen LogP contribution in [0.4, 0.5) is 0 Å². The third-order valence-corrected chi connectivity index (χ3v) is 5.46. The van der Waals surface area contributed by atoms with E-state index in [2.05, 4.69) is 34.6 Å². The topological polar surface area (TPSA) is 129 Å². The molecule has 8 heteroatoms. The van der Waals surface area contributed by atoms with E-state index in [1.165, 1.54) is 5.56 Å². The standard InChI is InChI=1S/C22H24N2O2.C4H4O4/c1-22(2)21(25)20(24-12-10-15-7-4-3-5-8-15)17-14-18-16(9-6-11-23-18)13-19(17)26-22;5-3(6)1-2-4(7)8/h3-9,11,13-14,20-21,24-25H,10,12H2,1-2H3;1-2H,(H,5,6)(H,7,8)/b;2-1-/t20-,21+;/m0./s1. The van der Waals surface area contributed by atoms with Crippen LogP contribution in [0.2, 0.25) is 0 Å². The Morgan fingerprint density at radius 3 is 2.38 bits per heavy atom. The number of aromatic nitrogens is 1. The van der Waals surface area contributed by atoms with Crippen molar-refractivity contribution in [2.75, 3.05) is 6.54 Å². The monoisotopic (exact) mass is 464 g/mol. The maximum atomic E-state index is 10.9. The van der Waals surface area contributed by atoms with E-state index in [9.17, 15) is 14.7 Å². The average Bonchev–Trinajstić information content (AvgIpc) is 2.80. The molecule has 0 saturated heterocycles. The molecule has 0 aliphatic carbocycles. The van der Waals surface area contributed by atoms with E-state index in [1.807, 2.05) is 44.2 Å². The van der Waals surface area contributed by atoms with Gasteiger partial charge in [-0.05, 0) is 50.6 Å². The van der Waals surface area contributed by atoms with Crippen molar-refractivity contribution >= 4 is 22.8 Å². The molecule has 4 rings (SSSR count). The predicted octanol–water partition coefficient (Wildman–Crippen LogP) is 3.35. The van der Waals surface area contributed by atoms with E-state index in [-0.39, 0.29) is 6.04 Å². The van der Waals surface area contributed by atoms with Crippen molar-refractivity contribution in [1.82, 2.24) is 10.3 Å². The number of nitrogens with zero attached hydrogens (tertiary/aromatic N) is 1. The molecule has 1 aromatic heterocycles. The number of aliphatic hydroxyl groups excluding tert-OH is 1. The Labute approximate surface area is 197 Å². The molecular weight excluding hydrogens is 436 g/mol. The number of rotatable bonds is 6. The Balaban J connectivity index is 0.000000350. The number of aliphatic hydroxyl groups is 1. The first kappa shape index (κ1) is 24.9. The van der Waals surface area contributed by atoms with Gasteiger partial charge in [-0.25, -0.2) is 9.59 Å². The van der Waals surface area contributed by atoms with E-state index in [1.54, 1.807) is 6.20 Å². The van der Waals surface area contributed by atoms with Gasteiger partial charge >= 0.3 is 11.9 Å². The molecule has 8 nitrogen and oxygen atoms in total. The van der Waals surface area contributed by atoms with Crippen LogP contribution in [0.3, 0.4) is 0 Å². The quantitative estimate of drug-likeness (QED) is 0.409. The van der Waals surface area contributed by atoms with Crippen LogP contribution in [-0.2, 0) is 16.0 Å². The number of carboxylic acids is 2. The summed E-state index contributed by atoms with van der Waals surface area (Å²) >= 11 is 0. The molecule has 1 aliphatic rings. The number of pyridine rings is 1. The molecule has 0 fully saturated rings. The van der Waals surface area contributed by atoms with Gasteiger partial charge in [0.1, 0.15) is 17.5 Å². The number of carbonyl (C=O) groups is 2. The van der Waals surface area contributed by atoms with Gasteiger partial charge in [-0.15, -0.1) is 0 Å². The lowest BCUT2D eigenvalue weighted by Gasteiger charge is -2.42. The average molecular weight is 465 g/mol. The fourth-order valence-electron chi connectivity index (χ4n) is 3.74. The zero-order valence-electron chi connectivity index (χ0n) is 19.0. The lowest BCUT2D eigenvalue weighted by atomic mass is 9.86. The maximum Gasteiger partial charge on any atom is 0.328 e. The first-order valence-electron chi connectivity index (χ1n) is 10.8. The summed E-state index contributed by atoms with van der Waals surface area (Å²) in [5, 5.41) is 31.1. The van der Waals surface area contributed by atoms with Gasteiger partial charge in [0.05, 0.1) is 11.6 Å². The largest absolute Gasteiger partial charge is 0.485 e. The highest BCUT2D eigenvalue weighted by Gasteiger charge is 2.42. The third kappa shape index (κ3) is 6.40. The van der Waals surface area contributed by atoms with Gasteiger partial charge in [0.15, 0.2) is 0 Å². The Morgan fingerprint density at radius 2 is 1.74 bits per heavy atom. The molecule has 34 heavy (non-hydrogen) atoms. The van der Waals surface area contributed by atoms with E-state index >= 15 is 0 Å². The van der Waals surface area contributed by atoms with Crippen LogP contribution >= 0.6 is 0 Å². The third-order valence-electron chi connectivity index (χ3n) is 5.46. The lowest BCUT2D eigenvalue weighted by molar-refractivity contribution is -0.134. The van der Waals surface area contributed by atoms with Gasteiger partial charge in [-0.2, -0.15) is 0 Å². The lowest BCUT2D eigenvalue weighted by Crippen LogP contribution is -2.52. The summed E-state index contributed by atoms with van der Waals surface area (Å²) in [5.41, 5.74) is 2.50. The summed E-state index contributed by atoms with van der Waals surface area (Å²) in [4.78, 5) is 23.6. The smallest absolute Gasteiger partial charge is 0.328 e. The highest BCUT2D eigenvalue weighted by atomic mass is 16.5. The molecule has 0 bridgehead atoms. The minimum atomic E-state index is -1.26. The number of ether oxygens (including phenoxy) is 1. The molecule has 0 spiro atoms. The summed E-state index contributed by atoms with van der Waals surface area (Å²) < 4.78 is 6.12. The molecule has 0 amide bonds. The summed E-state index contributed by atoms with van der Waals surface area (Å²) in [5.74, 6) is -1.70. The van der Waals surface area contributed by atoms with Gasteiger partial charge in [-0.3, -0.25) is 4.98 Å². The van der Waals surface area contributed by atoms with E-state index < -0.39 is 23.6 Å². The Bertz CT molecular complexity index is 1160. The molecule has 0 radical (unpaired) electrons. The molecule has 2 aromatic carbocycles. The van der Waals surface area contributed by atoms with Crippen molar-refractivity contribution in [3.63, 3.8) is 0 Å². The van der Waals surface area contributed by atoms with Gasteiger partial charge in [0.25, 0.3) is 0 Å². The summed E-state index contributed by atoms with van der Waals surface area (Å²) in [7, 11) is 0.